The first-order chi connectivity index (χ1) is 6.82. The van der Waals surface area contributed by atoms with Crippen molar-refractivity contribution in [2.24, 2.45) is 5.73 Å². The highest BCUT2D eigenvalue weighted by molar-refractivity contribution is 5.42. The normalized spacial score (nSPS) is 13.9. The largest absolute Gasteiger partial charge is 0.507 e. The molecule has 0 fully saturated rings. The van der Waals surface area contributed by atoms with Crippen LogP contribution in [-0.4, -0.2) is 11.1 Å². The highest BCUT2D eigenvalue weighted by Gasteiger charge is 2.34. The Morgan fingerprint density at radius 3 is 2.47 bits per heavy atom. The van der Waals surface area contributed by atoms with Crippen molar-refractivity contribution in [3.05, 3.63) is 29.3 Å². The van der Waals surface area contributed by atoms with Gasteiger partial charge in [-0.25, -0.2) is 0 Å². The van der Waals surface area contributed by atoms with Crippen LogP contribution in [0.4, 0.5) is 13.2 Å². The zero-order valence-electron chi connectivity index (χ0n) is 8.17. The number of para-hydroxylation sites is 1. The molecule has 0 aliphatic heterocycles. The molecule has 0 amide bonds. The predicted molar refractivity (Wildman–Crippen MR) is 50.5 cm³/mol. The van der Waals surface area contributed by atoms with E-state index in [4.69, 9.17) is 5.73 Å². The fourth-order valence-electron chi connectivity index (χ4n) is 1.33. The second-order valence-electron chi connectivity index (χ2n) is 3.49. The van der Waals surface area contributed by atoms with Gasteiger partial charge in [0.05, 0.1) is 5.56 Å². The first-order valence-corrected chi connectivity index (χ1v) is 4.46. The zero-order valence-corrected chi connectivity index (χ0v) is 8.17. The molecule has 5 heteroatoms. The van der Waals surface area contributed by atoms with Crippen molar-refractivity contribution in [1.82, 2.24) is 0 Å². The number of benzene rings is 1. The molecule has 3 N–H and O–H groups in total. The van der Waals surface area contributed by atoms with Crippen LogP contribution in [0.1, 0.15) is 18.1 Å². The molecule has 0 saturated heterocycles. The first kappa shape index (κ1) is 11.8. The minimum Gasteiger partial charge on any atom is -0.507 e. The van der Waals surface area contributed by atoms with Crippen LogP contribution in [0.2, 0.25) is 0 Å². The van der Waals surface area contributed by atoms with E-state index in [1.807, 2.05) is 0 Å². The molecule has 84 valence electrons. The van der Waals surface area contributed by atoms with Gasteiger partial charge >= 0.3 is 6.18 Å². The van der Waals surface area contributed by atoms with E-state index in [0.29, 0.717) is 0 Å². The molecule has 1 aromatic rings. The Bertz CT molecular complexity index is 347. The summed E-state index contributed by atoms with van der Waals surface area (Å²) >= 11 is 0. The van der Waals surface area contributed by atoms with Crippen LogP contribution in [-0.2, 0) is 12.6 Å². The van der Waals surface area contributed by atoms with Crippen molar-refractivity contribution in [3.8, 4) is 5.75 Å². The Kier molecular flexibility index (Phi) is 3.24. The van der Waals surface area contributed by atoms with Gasteiger partial charge in [0.15, 0.2) is 0 Å². The van der Waals surface area contributed by atoms with Gasteiger partial charge in [-0.3, -0.25) is 0 Å². The second kappa shape index (κ2) is 4.10. The molecule has 1 unspecified atom stereocenters. The van der Waals surface area contributed by atoms with Gasteiger partial charge in [-0.05, 0) is 25.0 Å². The van der Waals surface area contributed by atoms with Crippen LogP contribution in [0.15, 0.2) is 18.2 Å². The van der Waals surface area contributed by atoms with Crippen LogP contribution in [0.3, 0.4) is 0 Å². The lowest BCUT2D eigenvalue weighted by Gasteiger charge is -2.13. The molecule has 1 aromatic carbocycles. The van der Waals surface area contributed by atoms with E-state index in [1.165, 1.54) is 12.1 Å². The molecule has 0 heterocycles. The van der Waals surface area contributed by atoms with Crippen LogP contribution >= 0.6 is 0 Å². The average molecular weight is 219 g/mol. The number of phenolic OH excluding ortho intramolecular Hbond substituents is 1. The number of hydrogen-bond acceptors (Lipinski definition) is 2. The lowest BCUT2D eigenvalue weighted by Crippen LogP contribution is -2.18. The molecule has 0 saturated carbocycles. The average Bonchev–Trinajstić information content (AvgIpc) is 2.05. The van der Waals surface area contributed by atoms with Gasteiger partial charge in [0, 0.05) is 6.04 Å². The molecular formula is C10H12F3NO. The topological polar surface area (TPSA) is 46.2 Å². The van der Waals surface area contributed by atoms with E-state index in [1.54, 1.807) is 6.92 Å². The van der Waals surface area contributed by atoms with Gasteiger partial charge in [-0.1, -0.05) is 12.1 Å². The van der Waals surface area contributed by atoms with Crippen molar-refractivity contribution >= 4 is 0 Å². The Labute approximate surface area is 85.5 Å². The third-order valence-electron chi connectivity index (χ3n) is 1.97. The van der Waals surface area contributed by atoms with E-state index in [2.05, 4.69) is 0 Å². The van der Waals surface area contributed by atoms with E-state index in [9.17, 15) is 18.3 Å². The highest BCUT2D eigenvalue weighted by Crippen LogP contribution is 2.37. The molecule has 0 radical (unpaired) electrons. The molecule has 0 aliphatic carbocycles. The standard InChI is InChI=1S/C10H12F3NO/c1-6(14)5-7-3-2-4-8(9(7)15)10(11,12)13/h2-4,6,15H,5,14H2,1H3. The summed E-state index contributed by atoms with van der Waals surface area (Å²) in [7, 11) is 0. The lowest BCUT2D eigenvalue weighted by molar-refractivity contribution is -0.138. The van der Waals surface area contributed by atoms with Gasteiger partial charge in [0.2, 0.25) is 0 Å². The van der Waals surface area contributed by atoms with Crippen molar-refractivity contribution in [2.75, 3.05) is 0 Å². The molecule has 2 nitrogen and oxygen atoms in total. The Morgan fingerprint density at radius 1 is 1.40 bits per heavy atom. The summed E-state index contributed by atoms with van der Waals surface area (Å²) in [6.45, 7) is 1.67. The van der Waals surface area contributed by atoms with E-state index < -0.39 is 17.5 Å². The number of nitrogens with two attached hydrogens (primary N) is 1. The Balaban J connectivity index is 3.12. The maximum atomic E-state index is 12.4. The molecule has 1 atom stereocenters. The highest BCUT2D eigenvalue weighted by atomic mass is 19.4. The summed E-state index contributed by atoms with van der Waals surface area (Å²) < 4.78 is 37.1. The summed E-state index contributed by atoms with van der Waals surface area (Å²) in [6, 6.07) is 3.26. The fraction of sp³-hybridized carbons (Fsp3) is 0.400. The minimum atomic E-state index is -4.53. The van der Waals surface area contributed by atoms with Gasteiger partial charge in [0.25, 0.3) is 0 Å². The summed E-state index contributed by atoms with van der Waals surface area (Å²) in [4.78, 5) is 0. The van der Waals surface area contributed by atoms with Gasteiger partial charge in [0.1, 0.15) is 5.75 Å². The monoisotopic (exact) mass is 219 g/mol. The maximum Gasteiger partial charge on any atom is 0.419 e. The summed E-state index contributed by atoms with van der Waals surface area (Å²) in [6.07, 6.45) is -4.31. The smallest absolute Gasteiger partial charge is 0.419 e. The van der Waals surface area contributed by atoms with Crippen molar-refractivity contribution in [3.63, 3.8) is 0 Å². The van der Waals surface area contributed by atoms with Gasteiger partial charge < -0.3 is 10.8 Å². The van der Waals surface area contributed by atoms with Crippen LogP contribution in [0.25, 0.3) is 0 Å². The molecule has 0 bridgehead atoms. The number of phenols is 1. The van der Waals surface area contributed by atoms with Crippen LogP contribution in [0.5, 0.6) is 5.75 Å². The van der Waals surface area contributed by atoms with E-state index in [-0.39, 0.29) is 18.0 Å². The predicted octanol–water partition coefficient (Wildman–Crippen LogP) is 2.30. The van der Waals surface area contributed by atoms with Crippen molar-refractivity contribution < 1.29 is 18.3 Å². The van der Waals surface area contributed by atoms with Crippen LogP contribution in [0, 0.1) is 0 Å². The number of aromatic hydroxyl groups is 1. The quantitative estimate of drug-likeness (QED) is 0.801. The summed E-state index contributed by atoms with van der Waals surface area (Å²) in [5.74, 6) is -0.720. The Hall–Kier alpha value is -1.23. The van der Waals surface area contributed by atoms with Crippen LogP contribution < -0.4 is 5.73 Å². The van der Waals surface area contributed by atoms with Crippen molar-refractivity contribution in [1.29, 1.82) is 0 Å². The first-order valence-electron chi connectivity index (χ1n) is 4.46. The maximum absolute atomic E-state index is 12.4. The molecule has 0 aromatic heterocycles. The van der Waals surface area contributed by atoms with Gasteiger partial charge in [-0.2, -0.15) is 13.2 Å². The number of rotatable bonds is 2. The number of hydrogen-bond donors (Lipinski definition) is 2. The third kappa shape index (κ3) is 2.86. The number of halogens is 3. The molecule has 0 aliphatic rings. The molecule has 0 spiro atoms. The zero-order chi connectivity index (χ0) is 11.6. The summed E-state index contributed by atoms with van der Waals surface area (Å²) in [5, 5.41) is 9.40. The van der Waals surface area contributed by atoms with E-state index >= 15 is 0 Å². The fourth-order valence-corrected chi connectivity index (χ4v) is 1.33. The lowest BCUT2D eigenvalue weighted by atomic mass is 10.0. The van der Waals surface area contributed by atoms with Crippen molar-refractivity contribution in [2.45, 2.75) is 25.6 Å². The number of alkyl halides is 3. The molecular weight excluding hydrogens is 207 g/mol. The molecule has 1 rings (SSSR count). The van der Waals surface area contributed by atoms with E-state index in [0.717, 1.165) is 6.07 Å². The summed E-state index contributed by atoms with van der Waals surface area (Å²) in [5.41, 5.74) is 4.67. The SMILES string of the molecule is CC(N)Cc1cccc(C(F)(F)F)c1O. The van der Waals surface area contributed by atoms with Gasteiger partial charge in [-0.15, -0.1) is 0 Å². The third-order valence-corrected chi connectivity index (χ3v) is 1.97. The Morgan fingerprint density at radius 2 is 2.00 bits per heavy atom. The minimum absolute atomic E-state index is 0.218. The molecule has 15 heavy (non-hydrogen) atoms. The second-order valence-corrected chi connectivity index (χ2v) is 3.49.